The lowest BCUT2D eigenvalue weighted by atomic mass is 9.85. The first-order chi connectivity index (χ1) is 9.56. The molecule has 1 amide bonds. The first-order valence-electron chi connectivity index (χ1n) is 7.81. The summed E-state index contributed by atoms with van der Waals surface area (Å²) in [4.78, 5) is 12.2. The molecule has 0 radical (unpaired) electrons. The lowest BCUT2D eigenvalue weighted by molar-refractivity contribution is -0.122. The van der Waals surface area contributed by atoms with Crippen LogP contribution in [0.4, 0.5) is 0 Å². The number of fused-ring (bicyclic) bond motifs is 1. The van der Waals surface area contributed by atoms with Crippen LogP contribution in [-0.4, -0.2) is 44.0 Å². The van der Waals surface area contributed by atoms with Crippen molar-refractivity contribution in [3.05, 3.63) is 0 Å². The fourth-order valence-electron chi connectivity index (χ4n) is 3.95. The molecule has 1 aliphatic carbocycles. The summed E-state index contributed by atoms with van der Waals surface area (Å²) in [6.07, 6.45) is 7.25. The fraction of sp³-hybridized carbons (Fsp3) is 0.929. The highest BCUT2D eigenvalue weighted by Gasteiger charge is 2.39. The van der Waals surface area contributed by atoms with E-state index >= 15 is 0 Å². The summed E-state index contributed by atoms with van der Waals surface area (Å²) in [6.45, 7) is 0.286. The average molecular weight is 300 g/mol. The number of carbonyl (C=O) groups excluding carboxylic acids is 1. The lowest BCUT2D eigenvalue weighted by Crippen LogP contribution is -2.45. The Morgan fingerprint density at radius 2 is 1.95 bits per heavy atom. The maximum atomic E-state index is 12.2. The van der Waals surface area contributed by atoms with Crippen molar-refractivity contribution in [1.82, 2.24) is 10.6 Å². The average Bonchev–Trinajstić information content (AvgIpc) is 2.98. The highest BCUT2D eigenvalue weighted by atomic mass is 32.2. The summed E-state index contributed by atoms with van der Waals surface area (Å²) < 4.78 is 23.5. The third-order valence-corrected chi connectivity index (χ3v) is 7.42. The zero-order valence-corrected chi connectivity index (χ0v) is 12.6. The first-order valence-corrected chi connectivity index (χ1v) is 9.53. The van der Waals surface area contributed by atoms with E-state index in [0.29, 0.717) is 18.4 Å². The topological polar surface area (TPSA) is 75.3 Å². The van der Waals surface area contributed by atoms with Gasteiger partial charge in [-0.2, -0.15) is 0 Å². The molecular formula is C14H24N2O3S. The van der Waals surface area contributed by atoms with Crippen LogP contribution in [0.1, 0.15) is 44.9 Å². The fourth-order valence-corrected chi connectivity index (χ4v) is 5.71. The van der Waals surface area contributed by atoms with Gasteiger partial charge in [-0.1, -0.05) is 12.8 Å². The summed E-state index contributed by atoms with van der Waals surface area (Å²) >= 11 is 0. The number of carbonyl (C=O) groups is 1. The maximum absolute atomic E-state index is 12.2. The molecule has 1 saturated carbocycles. The van der Waals surface area contributed by atoms with E-state index in [9.17, 15) is 13.2 Å². The van der Waals surface area contributed by atoms with Crippen molar-refractivity contribution in [1.29, 1.82) is 0 Å². The molecule has 0 aromatic heterocycles. The van der Waals surface area contributed by atoms with Crippen molar-refractivity contribution in [2.45, 2.75) is 62.3 Å². The van der Waals surface area contributed by atoms with Gasteiger partial charge in [-0.3, -0.25) is 4.79 Å². The minimum absolute atomic E-state index is 0.0125. The van der Waals surface area contributed by atoms with E-state index < -0.39 is 9.84 Å². The van der Waals surface area contributed by atoms with Gasteiger partial charge in [0.25, 0.3) is 0 Å². The molecule has 20 heavy (non-hydrogen) atoms. The van der Waals surface area contributed by atoms with Gasteiger partial charge >= 0.3 is 0 Å². The standard InChI is InChI=1S/C14H24N2O3S/c17-14(15-9-11-5-3-7-20(11,18)19)13-8-10-4-1-2-6-12(10)16-13/h10-13,16H,1-9H2,(H,15,17)/t10-,11+,12-,13+/m1/s1. The molecule has 0 aromatic carbocycles. The van der Waals surface area contributed by atoms with Gasteiger partial charge in [0, 0.05) is 12.6 Å². The molecule has 4 atom stereocenters. The van der Waals surface area contributed by atoms with Crippen LogP contribution in [0.2, 0.25) is 0 Å². The second kappa shape index (κ2) is 5.64. The summed E-state index contributed by atoms with van der Waals surface area (Å²) in [5.41, 5.74) is 0. The molecule has 0 bridgehead atoms. The number of sulfone groups is 1. The number of amides is 1. The third kappa shape index (κ3) is 2.86. The summed E-state index contributed by atoms with van der Waals surface area (Å²) in [6, 6.07) is 0.377. The van der Waals surface area contributed by atoms with Crippen molar-refractivity contribution >= 4 is 15.7 Å². The Morgan fingerprint density at radius 1 is 1.15 bits per heavy atom. The molecule has 0 aromatic rings. The van der Waals surface area contributed by atoms with Gasteiger partial charge in [-0.15, -0.1) is 0 Å². The predicted molar refractivity (Wildman–Crippen MR) is 77.1 cm³/mol. The van der Waals surface area contributed by atoms with Gasteiger partial charge in [-0.05, 0) is 38.0 Å². The number of nitrogens with one attached hydrogen (secondary N) is 2. The molecule has 0 spiro atoms. The van der Waals surface area contributed by atoms with Crippen LogP contribution in [0, 0.1) is 5.92 Å². The van der Waals surface area contributed by atoms with E-state index in [1.165, 1.54) is 25.7 Å². The number of hydrogen-bond acceptors (Lipinski definition) is 4. The molecule has 5 nitrogen and oxygen atoms in total. The highest BCUT2D eigenvalue weighted by molar-refractivity contribution is 7.92. The van der Waals surface area contributed by atoms with Gasteiger partial charge in [0.15, 0.2) is 9.84 Å². The van der Waals surface area contributed by atoms with Gasteiger partial charge in [-0.25, -0.2) is 8.42 Å². The largest absolute Gasteiger partial charge is 0.353 e. The Labute approximate surface area is 120 Å². The van der Waals surface area contributed by atoms with Crippen molar-refractivity contribution in [2.75, 3.05) is 12.3 Å². The molecule has 0 unspecified atom stereocenters. The molecule has 114 valence electrons. The van der Waals surface area contributed by atoms with E-state index in [-0.39, 0.29) is 29.5 Å². The van der Waals surface area contributed by atoms with Crippen molar-refractivity contribution in [3.63, 3.8) is 0 Å². The number of rotatable bonds is 3. The van der Waals surface area contributed by atoms with Crippen molar-refractivity contribution < 1.29 is 13.2 Å². The Kier molecular flexibility index (Phi) is 4.04. The molecule has 2 heterocycles. The lowest BCUT2D eigenvalue weighted by Gasteiger charge is -2.24. The van der Waals surface area contributed by atoms with Gasteiger partial charge < -0.3 is 10.6 Å². The molecule has 2 aliphatic heterocycles. The Balaban J connectivity index is 1.50. The second-order valence-corrected chi connectivity index (χ2v) is 8.88. The molecule has 3 rings (SSSR count). The Hall–Kier alpha value is -0.620. The molecule has 3 aliphatic rings. The Morgan fingerprint density at radius 3 is 2.65 bits per heavy atom. The van der Waals surface area contributed by atoms with Gasteiger partial charge in [0.1, 0.15) is 0 Å². The summed E-state index contributed by atoms with van der Waals surface area (Å²) in [5, 5.41) is 5.91. The van der Waals surface area contributed by atoms with Crippen LogP contribution in [0.15, 0.2) is 0 Å². The third-order valence-electron chi connectivity index (χ3n) is 5.15. The molecule has 6 heteroatoms. The minimum Gasteiger partial charge on any atom is -0.353 e. The van der Waals surface area contributed by atoms with E-state index in [4.69, 9.17) is 0 Å². The van der Waals surface area contributed by atoms with E-state index in [1.54, 1.807) is 0 Å². The first kappa shape index (κ1) is 14.3. The van der Waals surface area contributed by atoms with Crippen molar-refractivity contribution in [2.24, 2.45) is 5.92 Å². The summed E-state index contributed by atoms with van der Waals surface area (Å²) in [7, 11) is -2.96. The molecule has 2 saturated heterocycles. The Bertz CT molecular complexity index is 463. The zero-order valence-electron chi connectivity index (χ0n) is 11.8. The quantitative estimate of drug-likeness (QED) is 0.800. The predicted octanol–water partition coefficient (Wildman–Crippen LogP) is 0.600. The minimum atomic E-state index is -2.96. The van der Waals surface area contributed by atoms with Gasteiger partial charge in [0.05, 0.1) is 17.0 Å². The second-order valence-electron chi connectivity index (χ2n) is 6.48. The van der Waals surface area contributed by atoms with E-state index in [2.05, 4.69) is 10.6 Å². The van der Waals surface area contributed by atoms with E-state index in [0.717, 1.165) is 12.8 Å². The van der Waals surface area contributed by atoms with Crippen LogP contribution in [-0.2, 0) is 14.6 Å². The highest BCUT2D eigenvalue weighted by Crippen LogP contribution is 2.33. The van der Waals surface area contributed by atoms with Gasteiger partial charge in [0.2, 0.25) is 5.91 Å². The van der Waals surface area contributed by atoms with E-state index in [1.807, 2.05) is 0 Å². The SMILES string of the molecule is O=C(NC[C@@H]1CCCS1(=O)=O)[C@@H]1C[C@H]2CCCC[C@H]2N1. The summed E-state index contributed by atoms with van der Waals surface area (Å²) in [5.74, 6) is 0.899. The number of hydrogen-bond donors (Lipinski definition) is 2. The van der Waals surface area contributed by atoms with Crippen LogP contribution in [0.5, 0.6) is 0 Å². The van der Waals surface area contributed by atoms with Crippen LogP contribution in [0.3, 0.4) is 0 Å². The smallest absolute Gasteiger partial charge is 0.237 e. The van der Waals surface area contributed by atoms with Crippen LogP contribution < -0.4 is 10.6 Å². The monoisotopic (exact) mass is 300 g/mol. The van der Waals surface area contributed by atoms with Crippen molar-refractivity contribution in [3.8, 4) is 0 Å². The van der Waals surface area contributed by atoms with Crippen LogP contribution >= 0.6 is 0 Å². The molecular weight excluding hydrogens is 276 g/mol. The maximum Gasteiger partial charge on any atom is 0.237 e. The van der Waals surface area contributed by atoms with Crippen LogP contribution in [0.25, 0.3) is 0 Å². The molecule has 2 N–H and O–H groups in total. The molecule has 3 fully saturated rings. The normalized spacial score (nSPS) is 39.4. The zero-order chi connectivity index (χ0) is 14.2.